The van der Waals surface area contributed by atoms with E-state index in [0.717, 1.165) is 17.7 Å². The van der Waals surface area contributed by atoms with Crippen molar-refractivity contribution in [3.05, 3.63) is 53.6 Å². The zero-order valence-corrected chi connectivity index (χ0v) is 14.9. The number of likely N-dealkylation sites (N-methyl/N-ethyl adjacent to an activating group) is 1. The molecule has 134 valence electrons. The summed E-state index contributed by atoms with van der Waals surface area (Å²) in [6.45, 7) is 2.09. The molecule has 2 aromatic rings. The fourth-order valence-electron chi connectivity index (χ4n) is 3.62. The Morgan fingerprint density at radius 1 is 1.32 bits per heavy atom. The second kappa shape index (κ2) is 7.35. The van der Waals surface area contributed by atoms with E-state index in [-0.39, 0.29) is 29.8 Å². The topological polar surface area (TPSA) is 50.2 Å². The molecular weight excluding hydrogens is 319 g/mol. The maximum absolute atomic E-state index is 13.8. The summed E-state index contributed by atoms with van der Waals surface area (Å²) in [7, 11) is 3.73. The van der Waals surface area contributed by atoms with Gasteiger partial charge in [0.15, 0.2) is 0 Å². The molecule has 6 heteroatoms. The van der Waals surface area contributed by atoms with Crippen molar-refractivity contribution in [2.75, 3.05) is 7.05 Å². The van der Waals surface area contributed by atoms with Crippen molar-refractivity contribution in [2.24, 2.45) is 7.05 Å². The van der Waals surface area contributed by atoms with Crippen LogP contribution in [0.5, 0.6) is 0 Å². The lowest BCUT2D eigenvalue weighted by Gasteiger charge is -2.28. The zero-order valence-electron chi connectivity index (χ0n) is 14.9. The Labute approximate surface area is 147 Å². The molecule has 1 fully saturated rings. The van der Waals surface area contributed by atoms with Gasteiger partial charge in [-0.15, -0.1) is 0 Å². The number of amides is 1. The number of hydrogen-bond acceptors (Lipinski definition) is 3. The van der Waals surface area contributed by atoms with E-state index >= 15 is 0 Å². The smallest absolute Gasteiger partial charge is 0.224 e. The molecule has 1 aromatic heterocycles. The number of rotatable bonds is 6. The summed E-state index contributed by atoms with van der Waals surface area (Å²) >= 11 is 0. The Morgan fingerprint density at radius 2 is 2.08 bits per heavy atom. The first-order valence-corrected chi connectivity index (χ1v) is 8.70. The molecular formula is C19H25FN4O. The number of halogens is 1. The Balaban J connectivity index is 1.65. The summed E-state index contributed by atoms with van der Waals surface area (Å²) in [5.41, 5.74) is 1.76. The van der Waals surface area contributed by atoms with Crippen LogP contribution in [-0.4, -0.2) is 39.7 Å². The number of aromatic nitrogens is 2. The van der Waals surface area contributed by atoms with Gasteiger partial charge in [0.05, 0.1) is 11.7 Å². The molecule has 0 saturated carbocycles. The van der Waals surface area contributed by atoms with E-state index < -0.39 is 0 Å². The first kappa shape index (κ1) is 17.6. The minimum atomic E-state index is -0.154. The third-order valence-electron chi connectivity index (χ3n) is 5.05. The van der Waals surface area contributed by atoms with E-state index in [1.807, 2.05) is 37.0 Å². The molecule has 0 aliphatic carbocycles. The van der Waals surface area contributed by atoms with Crippen LogP contribution in [0.2, 0.25) is 0 Å². The lowest BCUT2D eigenvalue weighted by molar-refractivity contribution is -0.127. The van der Waals surface area contributed by atoms with Crippen molar-refractivity contribution < 1.29 is 9.18 Å². The number of likely N-dealkylation sites (tertiary alicyclic amines) is 1. The van der Waals surface area contributed by atoms with Gasteiger partial charge in [0.25, 0.3) is 0 Å². The molecule has 25 heavy (non-hydrogen) atoms. The highest BCUT2D eigenvalue weighted by Gasteiger charge is 2.40. The molecule has 1 amide bonds. The van der Waals surface area contributed by atoms with Gasteiger partial charge in [-0.05, 0) is 37.5 Å². The second-order valence-corrected chi connectivity index (χ2v) is 6.84. The molecule has 3 atom stereocenters. The molecule has 3 rings (SSSR count). The first-order valence-electron chi connectivity index (χ1n) is 8.70. The average molecular weight is 344 g/mol. The lowest BCUT2D eigenvalue weighted by atomic mass is 10.0. The van der Waals surface area contributed by atoms with Crippen LogP contribution >= 0.6 is 0 Å². The molecule has 2 heterocycles. The maximum atomic E-state index is 13.8. The van der Waals surface area contributed by atoms with Crippen LogP contribution in [0.3, 0.4) is 0 Å². The number of nitrogens with one attached hydrogen (secondary N) is 1. The normalized spacial score (nSPS) is 21.8. The van der Waals surface area contributed by atoms with Gasteiger partial charge in [-0.3, -0.25) is 9.48 Å². The largest absolute Gasteiger partial charge is 0.336 e. The second-order valence-electron chi connectivity index (χ2n) is 6.84. The SMILES string of the molecule is C[C@@H](CCc1ccccc1F)N[C@@H]1CC(=O)N(C)[C@H]1c1ccnn1C. The predicted molar refractivity (Wildman–Crippen MR) is 94.4 cm³/mol. The van der Waals surface area contributed by atoms with Gasteiger partial charge < -0.3 is 10.2 Å². The Kier molecular flexibility index (Phi) is 5.18. The standard InChI is InChI=1S/C19H25FN4O/c1-13(8-9-14-6-4-5-7-15(14)20)22-16-12-18(25)23(2)19(16)17-10-11-21-24(17)3/h4-7,10-11,13,16,19,22H,8-9,12H2,1-3H3/t13-,16+,19+/m0/s1. The van der Waals surface area contributed by atoms with Crippen molar-refractivity contribution >= 4 is 5.91 Å². The summed E-state index contributed by atoms with van der Waals surface area (Å²) in [6.07, 6.45) is 3.71. The summed E-state index contributed by atoms with van der Waals surface area (Å²) < 4.78 is 15.6. The Bertz CT molecular complexity index is 745. The molecule has 1 saturated heterocycles. The van der Waals surface area contributed by atoms with Gasteiger partial charge in [0.2, 0.25) is 5.91 Å². The third kappa shape index (κ3) is 3.74. The molecule has 0 unspecified atom stereocenters. The molecule has 5 nitrogen and oxygen atoms in total. The predicted octanol–water partition coefficient (Wildman–Crippen LogP) is 2.44. The lowest BCUT2D eigenvalue weighted by Crippen LogP contribution is -2.41. The number of benzene rings is 1. The number of aryl methyl sites for hydroxylation is 2. The van der Waals surface area contributed by atoms with Gasteiger partial charge in [-0.2, -0.15) is 5.10 Å². The van der Waals surface area contributed by atoms with Gasteiger partial charge >= 0.3 is 0 Å². The van der Waals surface area contributed by atoms with Crippen LogP contribution in [0.25, 0.3) is 0 Å². The van der Waals surface area contributed by atoms with Crippen molar-refractivity contribution in [1.29, 1.82) is 0 Å². The molecule has 0 bridgehead atoms. The van der Waals surface area contributed by atoms with E-state index in [9.17, 15) is 9.18 Å². The van der Waals surface area contributed by atoms with Crippen molar-refractivity contribution in [1.82, 2.24) is 20.0 Å². The monoisotopic (exact) mass is 344 g/mol. The van der Waals surface area contributed by atoms with Crippen molar-refractivity contribution in [2.45, 2.75) is 44.3 Å². The fraction of sp³-hybridized carbons (Fsp3) is 0.474. The summed E-state index contributed by atoms with van der Waals surface area (Å²) in [6, 6.07) is 9.03. The highest BCUT2D eigenvalue weighted by molar-refractivity contribution is 5.80. The van der Waals surface area contributed by atoms with E-state index in [4.69, 9.17) is 0 Å². The minimum absolute atomic E-state index is 0.0310. The van der Waals surface area contributed by atoms with Gasteiger partial charge in [-0.25, -0.2) is 4.39 Å². The van der Waals surface area contributed by atoms with Crippen LogP contribution in [0.1, 0.15) is 37.1 Å². The van der Waals surface area contributed by atoms with Crippen LogP contribution in [0.15, 0.2) is 36.5 Å². The van der Waals surface area contributed by atoms with Crippen LogP contribution in [0, 0.1) is 5.82 Å². The number of nitrogens with zero attached hydrogens (tertiary/aromatic N) is 3. The van der Waals surface area contributed by atoms with E-state index in [2.05, 4.69) is 17.3 Å². The summed E-state index contributed by atoms with van der Waals surface area (Å²) in [5, 5.41) is 7.80. The maximum Gasteiger partial charge on any atom is 0.224 e. The average Bonchev–Trinajstić information content (AvgIpc) is 3.10. The number of carbonyl (C=O) groups is 1. The summed E-state index contributed by atoms with van der Waals surface area (Å²) in [4.78, 5) is 14.0. The number of hydrogen-bond donors (Lipinski definition) is 1. The van der Waals surface area contributed by atoms with Gasteiger partial charge in [0.1, 0.15) is 5.82 Å². The van der Waals surface area contributed by atoms with Crippen LogP contribution in [-0.2, 0) is 18.3 Å². The van der Waals surface area contributed by atoms with Crippen LogP contribution in [0.4, 0.5) is 4.39 Å². The van der Waals surface area contributed by atoms with Crippen molar-refractivity contribution in [3.8, 4) is 0 Å². The van der Waals surface area contributed by atoms with Crippen LogP contribution < -0.4 is 5.32 Å². The molecule has 0 radical (unpaired) electrons. The fourth-order valence-corrected chi connectivity index (χ4v) is 3.62. The molecule has 1 aliphatic heterocycles. The molecule has 1 aromatic carbocycles. The van der Waals surface area contributed by atoms with E-state index in [0.29, 0.717) is 12.8 Å². The number of carbonyl (C=O) groups excluding carboxylic acids is 1. The first-order chi connectivity index (χ1) is 12.0. The van der Waals surface area contributed by atoms with Gasteiger partial charge in [-0.1, -0.05) is 18.2 Å². The highest BCUT2D eigenvalue weighted by atomic mass is 19.1. The Morgan fingerprint density at radius 3 is 2.76 bits per heavy atom. The van der Waals surface area contributed by atoms with Crippen molar-refractivity contribution in [3.63, 3.8) is 0 Å². The van der Waals surface area contributed by atoms with E-state index in [1.54, 1.807) is 17.2 Å². The quantitative estimate of drug-likeness (QED) is 0.876. The highest BCUT2D eigenvalue weighted by Crippen LogP contribution is 2.32. The molecule has 0 spiro atoms. The van der Waals surface area contributed by atoms with Gasteiger partial charge in [0, 0.05) is 38.8 Å². The molecule has 1 N–H and O–H groups in total. The Hall–Kier alpha value is -2.21. The van der Waals surface area contributed by atoms with E-state index in [1.165, 1.54) is 6.07 Å². The zero-order chi connectivity index (χ0) is 18.0. The minimum Gasteiger partial charge on any atom is -0.336 e. The summed E-state index contributed by atoms with van der Waals surface area (Å²) in [5.74, 6) is -0.0248. The molecule has 1 aliphatic rings. The third-order valence-corrected chi connectivity index (χ3v) is 5.05.